The number of hydrogen-bond acceptors (Lipinski definition) is 7. The molecule has 1 amide bonds. The molecule has 8 nitrogen and oxygen atoms in total. The van der Waals surface area contributed by atoms with Crippen molar-refractivity contribution in [3.8, 4) is 17.1 Å². The van der Waals surface area contributed by atoms with Crippen LogP contribution in [0.5, 0.6) is 5.75 Å². The van der Waals surface area contributed by atoms with Crippen molar-refractivity contribution in [3.05, 3.63) is 36.1 Å². The van der Waals surface area contributed by atoms with E-state index in [4.69, 9.17) is 9.26 Å². The Morgan fingerprint density at radius 1 is 1.32 bits per heavy atom. The molecule has 2 heterocycles. The minimum Gasteiger partial charge on any atom is -0.496 e. The van der Waals surface area contributed by atoms with Crippen LogP contribution in [-0.2, 0) is 11.3 Å². The van der Waals surface area contributed by atoms with E-state index in [1.54, 1.807) is 20.1 Å². The zero-order valence-electron chi connectivity index (χ0n) is 16.3. The normalized spacial score (nSPS) is 12.0. The summed E-state index contributed by atoms with van der Waals surface area (Å²) in [6.07, 6.45) is 0.633. The Labute approximate surface area is 167 Å². The monoisotopic (exact) mass is 401 g/mol. The molecular weight excluding hydrogens is 378 g/mol. The van der Waals surface area contributed by atoms with Gasteiger partial charge in [0.1, 0.15) is 11.5 Å². The summed E-state index contributed by atoms with van der Waals surface area (Å²) < 4.78 is 12.4. The summed E-state index contributed by atoms with van der Waals surface area (Å²) in [5, 5.41) is 15.6. The first-order valence-corrected chi connectivity index (χ1v) is 9.92. The summed E-state index contributed by atoms with van der Waals surface area (Å²) >= 11 is 1.38. The molecule has 0 bridgehead atoms. The van der Waals surface area contributed by atoms with E-state index in [9.17, 15) is 4.79 Å². The van der Waals surface area contributed by atoms with Crippen molar-refractivity contribution in [2.24, 2.45) is 0 Å². The van der Waals surface area contributed by atoms with Gasteiger partial charge in [-0.1, -0.05) is 36.0 Å². The van der Waals surface area contributed by atoms with Crippen LogP contribution < -0.4 is 10.1 Å². The van der Waals surface area contributed by atoms with Crippen molar-refractivity contribution in [1.82, 2.24) is 19.9 Å². The highest BCUT2D eigenvalue weighted by Crippen LogP contribution is 2.32. The number of methoxy groups -OCH3 is 1. The van der Waals surface area contributed by atoms with Crippen LogP contribution in [0, 0.1) is 6.92 Å². The quantitative estimate of drug-likeness (QED) is 0.574. The molecule has 0 saturated carbocycles. The van der Waals surface area contributed by atoms with E-state index in [0.29, 0.717) is 35.5 Å². The highest BCUT2D eigenvalue weighted by molar-refractivity contribution is 8.00. The molecule has 0 aliphatic carbocycles. The van der Waals surface area contributed by atoms with Crippen molar-refractivity contribution in [2.45, 2.75) is 44.1 Å². The second kappa shape index (κ2) is 8.92. The Morgan fingerprint density at radius 3 is 2.75 bits per heavy atom. The van der Waals surface area contributed by atoms with E-state index >= 15 is 0 Å². The maximum Gasteiger partial charge on any atom is 0.239 e. The molecule has 0 spiro atoms. The van der Waals surface area contributed by atoms with Crippen LogP contribution in [0.25, 0.3) is 11.4 Å². The van der Waals surface area contributed by atoms with Gasteiger partial charge in [-0.2, -0.15) is 0 Å². The van der Waals surface area contributed by atoms with Crippen LogP contribution in [0.3, 0.4) is 0 Å². The molecule has 0 fully saturated rings. The fourth-order valence-corrected chi connectivity index (χ4v) is 3.79. The number of nitrogens with zero attached hydrogens (tertiary/aromatic N) is 4. The van der Waals surface area contributed by atoms with Gasteiger partial charge in [0, 0.05) is 12.6 Å². The van der Waals surface area contributed by atoms with Crippen LogP contribution in [0.15, 0.2) is 40.0 Å². The molecule has 0 saturated heterocycles. The van der Waals surface area contributed by atoms with E-state index in [-0.39, 0.29) is 11.2 Å². The van der Waals surface area contributed by atoms with Gasteiger partial charge in [0.15, 0.2) is 16.8 Å². The van der Waals surface area contributed by atoms with E-state index in [1.807, 2.05) is 42.7 Å². The lowest BCUT2D eigenvalue weighted by Gasteiger charge is -2.14. The smallest absolute Gasteiger partial charge is 0.239 e. The first kappa shape index (κ1) is 19.9. The third-order valence-corrected chi connectivity index (χ3v) is 5.52. The van der Waals surface area contributed by atoms with Crippen LogP contribution in [0.4, 0.5) is 5.82 Å². The van der Waals surface area contributed by atoms with Crippen LogP contribution in [0.1, 0.15) is 26.0 Å². The molecule has 148 valence electrons. The predicted molar refractivity (Wildman–Crippen MR) is 107 cm³/mol. The lowest BCUT2D eigenvalue weighted by atomic mass is 10.2. The maximum atomic E-state index is 12.6. The Balaban J connectivity index is 1.83. The van der Waals surface area contributed by atoms with E-state index in [2.05, 4.69) is 20.7 Å². The van der Waals surface area contributed by atoms with Gasteiger partial charge in [-0.05, 0) is 32.4 Å². The van der Waals surface area contributed by atoms with Gasteiger partial charge >= 0.3 is 0 Å². The zero-order chi connectivity index (χ0) is 20.1. The summed E-state index contributed by atoms with van der Waals surface area (Å²) in [6, 6.07) is 9.36. The molecule has 0 aliphatic rings. The number of aryl methyl sites for hydroxylation is 1. The molecule has 2 aromatic heterocycles. The minimum atomic E-state index is -0.336. The SMILES string of the molecule is CCC(Sc1nnc(-c2ccccc2OC)n1CC)C(=O)Nc1cc(C)on1. The lowest BCUT2D eigenvalue weighted by Crippen LogP contribution is -2.25. The highest BCUT2D eigenvalue weighted by Gasteiger charge is 2.24. The molecule has 9 heteroatoms. The molecule has 0 aliphatic heterocycles. The number of ether oxygens (including phenoxy) is 1. The fraction of sp³-hybridized carbons (Fsp3) is 0.368. The maximum absolute atomic E-state index is 12.6. The Bertz CT molecular complexity index is 953. The standard InChI is InChI=1S/C19H23N5O3S/c1-5-15(18(25)20-16-11-12(3)27-23-16)28-19-22-21-17(24(19)6-2)13-9-7-8-10-14(13)26-4/h7-11,15H,5-6H2,1-4H3,(H,20,23,25). The van der Waals surface area contributed by atoms with Gasteiger partial charge < -0.3 is 19.1 Å². The summed E-state index contributed by atoms with van der Waals surface area (Å²) in [5.74, 6) is 2.35. The highest BCUT2D eigenvalue weighted by atomic mass is 32.2. The number of anilines is 1. The number of carbonyl (C=O) groups excluding carboxylic acids is 1. The Hall–Kier alpha value is -2.81. The summed E-state index contributed by atoms with van der Waals surface area (Å²) in [6.45, 7) is 6.42. The average Bonchev–Trinajstić information content (AvgIpc) is 3.31. The molecule has 1 N–H and O–H groups in total. The summed E-state index contributed by atoms with van der Waals surface area (Å²) in [4.78, 5) is 12.6. The van der Waals surface area contributed by atoms with Gasteiger partial charge in [-0.25, -0.2) is 0 Å². The number of amides is 1. The van der Waals surface area contributed by atoms with Crippen molar-refractivity contribution in [1.29, 1.82) is 0 Å². The fourth-order valence-electron chi connectivity index (χ4n) is 2.77. The summed E-state index contributed by atoms with van der Waals surface area (Å²) in [7, 11) is 1.63. The van der Waals surface area contributed by atoms with Crippen LogP contribution in [-0.4, -0.2) is 38.2 Å². The zero-order valence-corrected chi connectivity index (χ0v) is 17.1. The minimum absolute atomic E-state index is 0.148. The third-order valence-electron chi connectivity index (χ3n) is 4.17. The molecule has 1 atom stereocenters. The van der Waals surface area contributed by atoms with Crippen molar-refractivity contribution >= 4 is 23.5 Å². The molecular formula is C19H23N5O3S. The lowest BCUT2D eigenvalue weighted by molar-refractivity contribution is -0.115. The molecule has 3 rings (SSSR count). The van der Waals surface area contributed by atoms with Gasteiger partial charge in [0.05, 0.1) is 17.9 Å². The summed E-state index contributed by atoms with van der Waals surface area (Å²) in [5.41, 5.74) is 0.863. The molecule has 1 aromatic carbocycles. The average molecular weight is 401 g/mol. The van der Waals surface area contributed by atoms with Gasteiger partial charge in [-0.15, -0.1) is 10.2 Å². The van der Waals surface area contributed by atoms with E-state index < -0.39 is 0 Å². The van der Waals surface area contributed by atoms with E-state index in [0.717, 1.165) is 11.3 Å². The number of aromatic nitrogens is 4. The van der Waals surface area contributed by atoms with Crippen molar-refractivity contribution in [3.63, 3.8) is 0 Å². The van der Waals surface area contributed by atoms with Gasteiger partial charge in [0.25, 0.3) is 0 Å². The topological polar surface area (TPSA) is 95.1 Å². The Morgan fingerprint density at radius 2 is 2.11 bits per heavy atom. The van der Waals surface area contributed by atoms with Crippen molar-refractivity contribution in [2.75, 3.05) is 12.4 Å². The van der Waals surface area contributed by atoms with Crippen LogP contribution in [0.2, 0.25) is 0 Å². The first-order valence-electron chi connectivity index (χ1n) is 9.04. The largest absolute Gasteiger partial charge is 0.496 e. The number of carbonyl (C=O) groups is 1. The molecule has 3 aromatic rings. The first-order chi connectivity index (χ1) is 13.6. The number of thioether (sulfide) groups is 1. The molecule has 1 unspecified atom stereocenters. The number of hydrogen-bond donors (Lipinski definition) is 1. The number of para-hydroxylation sites is 1. The Kier molecular flexibility index (Phi) is 6.35. The van der Waals surface area contributed by atoms with Crippen LogP contribution >= 0.6 is 11.8 Å². The number of rotatable bonds is 8. The second-order valence-corrected chi connectivity index (χ2v) is 7.25. The van der Waals surface area contributed by atoms with Crippen molar-refractivity contribution < 1.29 is 14.1 Å². The third kappa shape index (κ3) is 4.19. The van der Waals surface area contributed by atoms with Gasteiger partial charge in [-0.3, -0.25) is 4.79 Å². The molecule has 0 radical (unpaired) electrons. The number of benzene rings is 1. The second-order valence-electron chi connectivity index (χ2n) is 6.08. The number of nitrogens with one attached hydrogen (secondary N) is 1. The van der Waals surface area contributed by atoms with E-state index in [1.165, 1.54) is 11.8 Å². The predicted octanol–water partition coefficient (Wildman–Crippen LogP) is 3.78. The van der Waals surface area contributed by atoms with Gasteiger partial charge in [0.2, 0.25) is 5.91 Å². The molecule has 28 heavy (non-hydrogen) atoms.